The zero-order valence-electron chi connectivity index (χ0n) is 29.3. The molecule has 0 atom stereocenters. The van der Waals surface area contributed by atoms with E-state index in [4.69, 9.17) is 0 Å². The third kappa shape index (κ3) is 23.2. The first kappa shape index (κ1) is 40.6. The zero-order chi connectivity index (χ0) is 30.8. The van der Waals surface area contributed by atoms with E-state index in [1.54, 1.807) is 0 Å². The van der Waals surface area contributed by atoms with Crippen LogP contribution in [0.2, 0.25) is 0 Å². The molecule has 0 amide bonds. The average molecular weight is 553 g/mol. The van der Waals surface area contributed by atoms with Gasteiger partial charge < -0.3 is 0 Å². The largest absolute Gasteiger partial charge is 0.0656 e. The highest BCUT2D eigenvalue weighted by Crippen LogP contribution is 2.31. The van der Waals surface area contributed by atoms with E-state index in [0.29, 0.717) is 11.8 Å². The van der Waals surface area contributed by atoms with Gasteiger partial charge in [-0.2, -0.15) is 0 Å². The van der Waals surface area contributed by atoms with Gasteiger partial charge in [0, 0.05) is 0 Å². The van der Waals surface area contributed by atoms with E-state index in [9.17, 15) is 0 Å². The lowest BCUT2D eigenvalue weighted by molar-refractivity contribution is 0.396. The van der Waals surface area contributed by atoms with E-state index < -0.39 is 0 Å². The van der Waals surface area contributed by atoms with Crippen molar-refractivity contribution in [1.82, 2.24) is 0 Å². The first-order chi connectivity index (χ1) is 19.0. The molecule has 40 heavy (non-hydrogen) atoms. The van der Waals surface area contributed by atoms with Gasteiger partial charge in [0.1, 0.15) is 0 Å². The Hall–Kier alpha value is -1.56. The van der Waals surface area contributed by atoms with E-state index in [1.165, 1.54) is 75.3 Å². The standard InChI is InChI=1S/2C9H12.2C8H16.2C3H8/c2*1-8(2)9-6-4-3-5-7-9;2*1-7(2)8-5-3-4-6-8;2*1-3-2/h2*3-8H,1-2H3;2*7-8H,3-6H2,1-2H3;2*3H2,1-2H3. The molecule has 0 spiro atoms. The summed E-state index contributed by atoms with van der Waals surface area (Å²) in [5, 5.41) is 0. The van der Waals surface area contributed by atoms with Gasteiger partial charge in [-0.15, -0.1) is 0 Å². The second-order valence-corrected chi connectivity index (χ2v) is 13.1. The Labute approximate surface area is 254 Å². The summed E-state index contributed by atoms with van der Waals surface area (Å²) in [4.78, 5) is 0. The van der Waals surface area contributed by atoms with Crippen LogP contribution < -0.4 is 0 Å². The van der Waals surface area contributed by atoms with Gasteiger partial charge in [0.2, 0.25) is 0 Å². The number of rotatable bonds is 4. The van der Waals surface area contributed by atoms with Gasteiger partial charge in [-0.1, -0.05) is 208 Å². The molecule has 0 heteroatoms. The summed E-state index contributed by atoms with van der Waals surface area (Å²) in [5.74, 6) is 5.33. The van der Waals surface area contributed by atoms with Crippen LogP contribution in [0.15, 0.2) is 60.7 Å². The molecule has 2 aliphatic carbocycles. The van der Waals surface area contributed by atoms with E-state index >= 15 is 0 Å². The van der Waals surface area contributed by atoms with Crippen molar-refractivity contribution in [2.24, 2.45) is 23.7 Å². The first-order valence-corrected chi connectivity index (χ1v) is 17.1. The molecule has 2 aromatic rings. The van der Waals surface area contributed by atoms with Gasteiger partial charge in [0.05, 0.1) is 0 Å². The monoisotopic (exact) mass is 553 g/mol. The Morgan fingerprint density at radius 2 is 0.675 bits per heavy atom. The lowest BCUT2D eigenvalue weighted by atomic mass is 9.95. The van der Waals surface area contributed by atoms with Crippen molar-refractivity contribution in [2.75, 3.05) is 0 Å². The van der Waals surface area contributed by atoms with Gasteiger partial charge in [-0.25, -0.2) is 0 Å². The summed E-state index contributed by atoms with van der Waals surface area (Å²) in [6, 6.07) is 21.0. The van der Waals surface area contributed by atoms with Crippen molar-refractivity contribution in [3.63, 3.8) is 0 Å². The van der Waals surface area contributed by atoms with Crippen molar-refractivity contribution >= 4 is 0 Å². The second kappa shape index (κ2) is 27.6. The Balaban J connectivity index is 0. The van der Waals surface area contributed by atoms with Crippen LogP contribution in [0.5, 0.6) is 0 Å². The van der Waals surface area contributed by atoms with E-state index in [1.807, 2.05) is 12.1 Å². The molecule has 2 fully saturated rings. The number of hydrogen-bond acceptors (Lipinski definition) is 0. The molecule has 0 heterocycles. The number of benzene rings is 2. The maximum atomic E-state index is 2.34. The van der Waals surface area contributed by atoms with Crippen LogP contribution in [-0.2, 0) is 0 Å². The third-order valence-corrected chi connectivity index (χ3v) is 7.62. The molecule has 0 unspecified atom stereocenters. The van der Waals surface area contributed by atoms with Crippen LogP contribution in [0.4, 0.5) is 0 Å². The van der Waals surface area contributed by atoms with Gasteiger partial charge in [-0.3, -0.25) is 0 Å². The molecule has 0 aromatic heterocycles. The minimum absolute atomic E-state index is 0.659. The molecule has 4 rings (SSSR count). The average Bonchev–Trinajstić information content (AvgIpc) is 3.67. The van der Waals surface area contributed by atoms with Crippen LogP contribution >= 0.6 is 0 Å². The molecular formula is C40H72. The predicted octanol–water partition coefficient (Wildman–Crippen LogP) is 14.1. The van der Waals surface area contributed by atoms with Crippen LogP contribution in [0.3, 0.4) is 0 Å². The molecule has 0 N–H and O–H groups in total. The van der Waals surface area contributed by atoms with Gasteiger partial charge in [-0.05, 0) is 46.6 Å². The Bertz CT molecular complexity index is 648. The summed E-state index contributed by atoms with van der Waals surface area (Å²) in [6.07, 6.45) is 14.4. The van der Waals surface area contributed by atoms with Crippen LogP contribution in [-0.4, -0.2) is 0 Å². The normalized spacial score (nSPS) is 14.6. The van der Waals surface area contributed by atoms with Crippen LogP contribution in [0, 0.1) is 23.7 Å². The van der Waals surface area contributed by atoms with E-state index in [-0.39, 0.29) is 0 Å². The van der Waals surface area contributed by atoms with E-state index in [0.717, 1.165) is 23.7 Å². The minimum atomic E-state index is 0.659. The highest BCUT2D eigenvalue weighted by Gasteiger charge is 2.18. The Kier molecular flexibility index (Phi) is 28.0. The highest BCUT2D eigenvalue weighted by atomic mass is 14.2. The van der Waals surface area contributed by atoms with Gasteiger partial charge in [0.25, 0.3) is 0 Å². The molecule has 0 aliphatic heterocycles. The first-order valence-electron chi connectivity index (χ1n) is 17.1. The fraction of sp³-hybridized carbons (Fsp3) is 0.700. The zero-order valence-corrected chi connectivity index (χ0v) is 29.3. The molecule has 2 aromatic carbocycles. The SMILES string of the molecule is CC(C)C1CCCC1.CC(C)C1CCCC1.CC(C)c1ccccc1.CC(C)c1ccccc1.CCC.CCC. The molecule has 2 saturated carbocycles. The van der Waals surface area contributed by atoms with Crippen molar-refractivity contribution in [3.8, 4) is 0 Å². The molecular weight excluding hydrogens is 480 g/mol. The minimum Gasteiger partial charge on any atom is -0.0656 e. The third-order valence-electron chi connectivity index (χ3n) is 7.62. The van der Waals surface area contributed by atoms with Crippen LogP contribution in [0.1, 0.15) is 170 Å². The predicted molar refractivity (Wildman–Crippen MR) is 187 cm³/mol. The summed E-state index contributed by atoms with van der Waals surface area (Å²) < 4.78 is 0. The summed E-state index contributed by atoms with van der Waals surface area (Å²) in [7, 11) is 0. The Morgan fingerprint density at radius 1 is 0.450 bits per heavy atom. The van der Waals surface area contributed by atoms with Gasteiger partial charge >= 0.3 is 0 Å². The molecule has 232 valence electrons. The van der Waals surface area contributed by atoms with Crippen LogP contribution in [0.25, 0.3) is 0 Å². The fourth-order valence-electron chi connectivity index (χ4n) is 4.92. The molecule has 0 nitrogen and oxygen atoms in total. The molecule has 0 radical (unpaired) electrons. The van der Waals surface area contributed by atoms with Gasteiger partial charge in [0.15, 0.2) is 0 Å². The summed E-state index contributed by atoms with van der Waals surface area (Å²) in [6.45, 7) is 26.7. The quantitative estimate of drug-likeness (QED) is 0.354. The molecule has 0 saturated heterocycles. The highest BCUT2D eigenvalue weighted by molar-refractivity contribution is 5.18. The molecule has 2 aliphatic rings. The van der Waals surface area contributed by atoms with Crippen molar-refractivity contribution < 1.29 is 0 Å². The fourth-order valence-corrected chi connectivity index (χ4v) is 4.92. The second-order valence-electron chi connectivity index (χ2n) is 13.1. The smallest absolute Gasteiger partial charge is 0.0219 e. The summed E-state index contributed by atoms with van der Waals surface area (Å²) in [5.41, 5.74) is 2.83. The van der Waals surface area contributed by atoms with Crippen molar-refractivity contribution in [1.29, 1.82) is 0 Å². The van der Waals surface area contributed by atoms with E-state index in [2.05, 4.69) is 132 Å². The van der Waals surface area contributed by atoms with Crippen molar-refractivity contribution in [3.05, 3.63) is 71.8 Å². The summed E-state index contributed by atoms with van der Waals surface area (Å²) >= 11 is 0. The lowest BCUT2D eigenvalue weighted by Gasteiger charge is -2.11. The topological polar surface area (TPSA) is 0 Å². The molecule has 0 bridgehead atoms. The Morgan fingerprint density at radius 3 is 0.800 bits per heavy atom. The maximum absolute atomic E-state index is 2.34. The lowest BCUT2D eigenvalue weighted by Crippen LogP contribution is -2.01. The van der Waals surface area contributed by atoms with Crippen molar-refractivity contribution in [2.45, 2.75) is 159 Å². The number of hydrogen-bond donors (Lipinski definition) is 0. The maximum Gasteiger partial charge on any atom is -0.0219 e.